The molecule has 24 heavy (non-hydrogen) atoms. The fraction of sp³-hybridized carbons (Fsp3) is 0.316. The number of nitrogens with one attached hydrogen (secondary N) is 1. The van der Waals surface area contributed by atoms with Gasteiger partial charge in [-0.15, -0.1) is 0 Å². The van der Waals surface area contributed by atoms with Crippen LogP contribution in [0.5, 0.6) is 0 Å². The molecule has 0 aliphatic carbocycles. The van der Waals surface area contributed by atoms with E-state index in [1.54, 1.807) is 0 Å². The van der Waals surface area contributed by atoms with E-state index in [0.717, 1.165) is 6.42 Å². The number of fused-ring (bicyclic) bond motifs is 1. The highest BCUT2D eigenvalue weighted by atomic mass is 16.2. The maximum atomic E-state index is 11.9. The highest BCUT2D eigenvalue weighted by molar-refractivity contribution is 6.02. The summed E-state index contributed by atoms with van der Waals surface area (Å²) in [5, 5.41) is 5.25. The molecule has 0 spiro atoms. The lowest BCUT2D eigenvalue weighted by Gasteiger charge is -2.13. The fourth-order valence-electron chi connectivity index (χ4n) is 3.02. The van der Waals surface area contributed by atoms with Gasteiger partial charge in [-0.05, 0) is 22.8 Å². The summed E-state index contributed by atoms with van der Waals surface area (Å²) in [5.74, 6) is -0.491. The second-order valence-corrected chi connectivity index (χ2v) is 5.93. The summed E-state index contributed by atoms with van der Waals surface area (Å²) in [6.45, 7) is 0.715. The van der Waals surface area contributed by atoms with Gasteiger partial charge in [0.25, 0.3) is 0 Å². The lowest BCUT2D eigenvalue weighted by Crippen LogP contribution is -2.34. The van der Waals surface area contributed by atoms with Crippen LogP contribution in [0.15, 0.2) is 42.5 Å². The predicted molar refractivity (Wildman–Crippen MR) is 91.2 cm³/mol. The second-order valence-electron chi connectivity index (χ2n) is 5.93. The summed E-state index contributed by atoms with van der Waals surface area (Å²) in [6.07, 6.45) is 1.44. The lowest BCUT2D eigenvalue weighted by molar-refractivity contribution is -0.138. The molecule has 1 heterocycles. The average Bonchev–Trinajstić information content (AvgIpc) is 2.91. The maximum absolute atomic E-state index is 11.9. The summed E-state index contributed by atoms with van der Waals surface area (Å²) in [4.78, 5) is 36.1. The van der Waals surface area contributed by atoms with Gasteiger partial charge in [0.15, 0.2) is 0 Å². The van der Waals surface area contributed by atoms with Crippen LogP contribution in [0.25, 0.3) is 10.8 Å². The van der Waals surface area contributed by atoms with Crippen LogP contribution >= 0.6 is 0 Å². The van der Waals surface area contributed by atoms with Gasteiger partial charge in [-0.1, -0.05) is 42.5 Å². The fourth-order valence-corrected chi connectivity index (χ4v) is 3.02. The zero-order valence-electron chi connectivity index (χ0n) is 13.5. The molecule has 2 aromatic rings. The Kier molecular flexibility index (Phi) is 4.89. The number of benzene rings is 2. The summed E-state index contributed by atoms with van der Waals surface area (Å²) >= 11 is 0. The Labute approximate surface area is 140 Å². The first-order chi connectivity index (χ1) is 11.6. The van der Waals surface area contributed by atoms with E-state index < -0.39 is 0 Å². The Hall–Kier alpha value is -2.69. The molecule has 0 unspecified atom stereocenters. The molecular formula is C19H20N2O3. The van der Waals surface area contributed by atoms with Crippen LogP contribution in [0.3, 0.4) is 0 Å². The van der Waals surface area contributed by atoms with Crippen molar-refractivity contribution in [3.8, 4) is 0 Å². The van der Waals surface area contributed by atoms with Crippen molar-refractivity contribution in [3.05, 3.63) is 48.0 Å². The number of hydrogen-bond acceptors (Lipinski definition) is 3. The molecule has 5 nitrogen and oxygen atoms in total. The molecule has 2 aromatic carbocycles. The van der Waals surface area contributed by atoms with Gasteiger partial charge in [0.2, 0.25) is 17.7 Å². The van der Waals surface area contributed by atoms with Gasteiger partial charge in [0.1, 0.15) is 0 Å². The van der Waals surface area contributed by atoms with Crippen LogP contribution in [-0.4, -0.2) is 35.7 Å². The van der Waals surface area contributed by atoms with Gasteiger partial charge >= 0.3 is 0 Å². The van der Waals surface area contributed by atoms with Crippen molar-refractivity contribution in [1.82, 2.24) is 10.2 Å². The first kappa shape index (κ1) is 16.2. The van der Waals surface area contributed by atoms with Crippen molar-refractivity contribution in [1.29, 1.82) is 0 Å². The van der Waals surface area contributed by atoms with Gasteiger partial charge in [-0.3, -0.25) is 19.3 Å². The zero-order valence-corrected chi connectivity index (χ0v) is 13.5. The third-order valence-electron chi connectivity index (χ3n) is 4.31. The van der Waals surface area contributed by atoms with Crippen LogP contribution in [0.4, 0.5) is 0 Å². The van der Waals surface area contributed by atoms with Gasteiger partial charge in [0, 0.05) is 32.4 Å². The van der Waals surface area contributed by atoms with E-state index in [-0.39, 0.29) is 43.5 Å². The Bertz CT molecular complexity index is 764. The quantitative estimate of drug-likeness (QED) is 0.827. The minimum Gasteiger partial charge on any atom is -0.356 e. The van der Waals surface area contributed by atoms with Crippen molar-refractivity contribution < 1.29 is 14.4 Å². The first-order valence-corrected chi connectivity index (χ1v) is 8.21. The van der Waals surface area contributed by atoms with Crippen LogP contribution in [0, 0.1) is 0 Å². The molecule has 1 N–H and O–H groups in total. The first-order valence-electron chi connectivity index (χ1n) is 8.21. The topological polar surface area (TPSA) is 66.5 Å². The number of imide groups is 1. The minimum atomic E-state index is -0.177. The zero-order chi connectivity index (χ0) is 16.9. The van der Waals surface area contributed by atoms with Crippen molar-refractivity contribution in [3.63, 3.8) is 0 Å². The summed E-state index contributed by atoms with van der Waals surface area (Å²) in [5.41, 5.74) is 1.19. The van der Waals surface area contributed by atoms with E-state index in [1.165, 1.54) is 21.2 Å². The average molecular weight is 324 g/mol. The normalized spacial score (nSPS) is 14.4. The molecule has 0 bridgehead atoms. The number of carbonyl (C=O) groups is 3. The smallest absolute Gasteiger partial charge is 0.229 e. The van der Waals surface area contributed by atoms with Gasteiger partial charge in [-0.2, -0.15) is 0 Å². The van der Waals surface area contributed by atoms with Crippen molar-refractivity contribution in [2.45, 2.75) is 25.7 Å². The van der Waals surface area contributed by atoms with Crippen LogP contribution in [0.2, 0.25) is 0 Å². The molecule has 0 radical (unpaired) electrons. The summed E-state index contributed by atoms with van der Waals surface area (Å²) < 4.78 is 0. The molecule has 5 heteroatoms. The number of carbonyl (C=O) groups excluding carboxylic acids is 3. The monoisotopic (exact) mass is 324 g/mol. The van der Waals surface area contributed by atoms with Crippen LogP contribution < -0.4 is 5.32 Å². The van der Waals surface area contributed by atoms with E-state index in [9.17, 15) is 14.4 Å². The molecule has 3 rings (SSSR count). The Balaban J connectivity index is 1.48. The number of hydrogen-bond donors (Lipinski definition) is 1. The number of likely N-dealkylation sites (tertiary alicyclic amines) is 1. The Morgan fingerprint density at radius 2 is 1.71 bits per heavy atom. The van der Waals surface area contributed by atoms with Crippen LogP contribution in [-0.2, 0) is 20.8 Å². The summed E-state index contributed by atoms with van der Waals surface area (Å²) in [6, 6.07) is 14.3. The highest BCUT2D eigenvalue weighted by Crippen LogP contribution is 2.18. The van der Waals surface area contributed by atoms with Gasteiger partial charge < -0.3 is 5.32 Å². The SMILES string of the molecule is O=C(CCN1C(=O)CCC1=O)NCCc1cccc2ccccc12. The minimum absolute atomic E-state index is 0.136. The molecule has 1 aliphatic heterocycles. The largest absolute Gasteiger partial charge is 0.356 e. The lowest BCUT2D eigenvalue weighted by atomic mass is 10.0. The molecule has 1 saturated heterocycles. The third kappa shape index (κ3) is 3.62. The van der Waals surface area contributed by atoms with E-state index in [1.807, 2.05) is 18.2 Å². The van der Waals surface area contributed by atoms with Gasteiger partial charge in [-0.25, -0.2) is 0 Å². The molecule has 3 amide bonds. The van der Waals surface area contributed by atoms with Crippen molar-refractivity contribution in [2.24, 2.45) is 0 Å². The Morgan fingerprint density at radius 1 is 1.00 bits per heavy atom. The van der Waals surface area contributed by atoms with E-state index in [2.05, 4.69) is 29.6 Å². The maximum Gasteiger partial charge on any atom is 0.229 e. The van der Waals surface area contributed by atoms with E-state index >= 15 is 0 Å². The number of nitrogens with zero attached hydrogens (tertiary/aromatic N) is 1. The van der Waals surface area contributed by atoms with Crippen molar-refractivity contribution in [2.75, 3.05) is 13.1 Å². The molecule has 124 valence electrons. The molecule has 0 atom stereocenters. The van der Waals surface area contributed by atoms with Crippen molar-refractivity contribution >= 4 is 28.5 Å². The van der Waals surface area contributed by atoms with E-state index in [4.69, 9.17) is 0 Å². The number of amides is 3. The highest BCUT2D eigenvalue weighted by Gasteiger charge is 2.28. The summed E-state index contributed by atoms with van der Waals surface area (Å²) in [7, 11) is 0. The molecule has 0 aromatic heterocycles. The predicted octanol–water partition coefficient (Wildman–Crippen LogP) is 2.04. The third-order valence-corrected chi connectivity index (χ3v) is 4.31. The van der Waals surface area contributed by atoms with Gasteiger partial charge in [0.05, 0.1) is 0 Å². The van der Waals surface area contributed by atoms with E-state index in [0.29, 0.717) is 6.54 Å². The molecular weight excluding hydrogens is 304 g/mol. The molecule has 0 saturated carbocycles. The molecule has 1 fully saturated rings. The number of rotatable bonds is 6. The Morgan fingerprint density at radius 3 is 2.50 bits per heavy atom. The van der Waals surface area contributed by atoms with Crippen LogP contribution in [0.1, 0.15) is 24.8 Å². The molecule has 1 aliphatic rings. The standard InChI is InChI=1S/C19H20N2O3/c22-17(11-13-21-18(23)8-9-19(21)24)20-12-10-15-6-3-5-14-4-1-2-7-16(14)15/h1-7H,8-13H2,(H,20,22). The second kappa shape index (κ2) is 7.25.